The number of para-hydroxylation sites is 4. The van der Waals surface area contributed by atoms with Gasteiger partial charge in [0.2, 0.25) is 0 Å². The first-order valence-corrected chi connectivity index (χ1v) is 18.0. The Hall–Kier alpha value is -4.53. The van der Waals surface area contributed by atoms with Gasteiger partial charge in [0.15, 0.2) is 34.6 Å². The number of β-amino-alcohol motifs (C(OH)–C–C–N with tert-alkyl or cyclic N) is 2. The number of ketones is 2. The number of hydrogen-bond acceptors (Lipinski definition) is 12. The highest BCUT2D eigenvalue weighted by atomic mass is 35.5. The van der Waals surface area contributed by atoms with Gasteiger partial charge < -0.3 is 34.5 Å². The van der Waals surface area contributed by atoms with E-state index < -0.39 is 212 Å². The molecule has 63 heavy (non-hydrogen) atoms. The molecule has 2 unspecified atom stereocenters. The van der Waals surface area contributed by atoms with E-state index >= 15 is 0 Å². The number of halogens is 1. The largest absolute Gasteiger partial charge is 0.493 e. The minimum absolute atomic E-state index is 0.0772. The van der Waals surface area contributed by atoms with Crippen LogP contribution in [0.1, 0.15) is 96.4 Å². The zero-order valence-corrected chi connectivity index (χ0v) is 33.1. The second kappa shape index (κ2) is 27.6. The van der Waals surface area contributed by atoms with Gasteiger partial charge in [0, 0.05) is 122 Å². The van der Waals surface area contributed by atoms with E-state index in [0.29, 0.717) is 0 Å². The van der Waals surface area contributed by atoms with Crippen LogP contribution in [0.4, 0.5) is 0 Å². The van der Waals surface area contributed by atoms with Gasteiger partial charge in [0.1, 0.15) is 25.3 Å². The number of nitrogens with zero attached hydrogens (tertiary/aromatic N) is 3. The monoisotopic (exact) mass is 935 g/mol. The number of carbonyl (C=O) groups is 2. The second-order valence-corrected chi connectivity index (χ2v) is 12.1. The number of carbonyl (C=O) groups excluding carboxylic acids is 2. The summed E-state index contributed by atoms with van der Waals surface area (Å²) in [4.78, 5) is 23.0. The fourth-order valence-electron chi connectivity index (χ4n) is 4.51. The lowest BCUT2D eigenvalue weighted by molar-refractivity contribution is -0.120. The SMILES string of the molecule is [2H]C([2H])([2H])Oc1ccccc1OC([2H])([2H])C([2H])(O)C([2H])([2H])N1C([2H])([2H])C([2H])([2H])NC([2H])([2H])C1([2H])[2H].[2H]c1cc(C([2H])([2H])[2H])c(CC(=O)CCl)c(C([2H])([2H])[2H])c1.[2H]c1cc(C([2H])([2H])[2H])c(CC(=O)CN2C([2H])([2H])C([2H])([2H])N(C([2H])([2H])C([2H])(O)C([2H])([2H])Oc3ccccc3OC([2H])([2H])[2H])C([2H])([2H])C2([2H])[2H])c(C([2H])([2H])[2H])c1. The Bertz CT molecular complexity index is 3820. The molecule has 0 aromatic heterocycles. The number of aliphatic hydroxyl groups is 2. The van der Waals surface area contributed by atoms with Crippen LogP contribution in [0.25, 0.3) is 0 Å². The topological polar surface area (TPSA) is 133 Å². The maximum Gasteiger partial charge on any atom is 0.161 e. The lowest BCUT2D eigenvalue weighted by Crippen LogP contribution is -2.50. The summed E-state index contributed by atoms with van der Waals surface area (Å²) in [6, 6.07) is 11.5. The van der Waals surface area contributed by atoms with Crippen molar-refractivity contribution in [2.24, 2.45) is 0 Å². The Kier molecular flexibility index (Phi) is 7.33. The molecule has 0 radical (unpaired) electrons. The third kappa shape index (κ3) is 17.9. The first kappa shape index (κ1) is 16.7. The predicted molar refractivity (Wildman–Crippen MR) is 251 cm³/mol. The van der Waals surface area contributed by atoms with Crippen LogP contribution in [0.5, 0.6) is 23.0 Å². The second-order valence-electron chi connectivity index (χ2n) is 11.8. The van der Waals surface area contributed by atoms with E-state index in [9.17, 15) is 19.8 Å². The highest BCUT2D eigenvalue weighted by Gasteiger charge is 2.22. The molecule has 2 heterocycles. The first-order valence-electron chi connectivity index (χ1n) is 40.4. The molecule has 4 aromatic rings. The first-order chi connectivity index (χ1) is 48.0. The number of nitrogens with one attached hydrogen (secondary N) is 1. The Balaban J connectivity index is 0.000000387. The van der Waals surface area contributed by atoms with Crippen LogP contribution >= 0.6 is 11.6 Å². The molecule has 0 aliphatic carbocycles. The van der Waals surface area contributed by atoms with E-state index in [2.05, 4.69) is 4.74 Å². The summed E-state index contributed by atoms with van der Waals surface area (Å²) >= 11 is 5.40. The van der Waals surface area contributed by atoms with Gasteiger partial charge in [0.05, 0.1) is 45.7 Å². The smallest absolute Gasteiger partial charge is 0.161 e. The number of ether oxygens (including phenoxy) is 4. The molecule has 2 atom stereocenters. The fraction of sp³-hybridized carbons (Fsp3) is 0.480. The molecule has 4 aromatic carbocycles. The van der Waals surface area contributed by atoms with E-state index in [1.807, 2.05) is 0 Å². The molecule has 3 N–H and O–H groups in total. The van der Waals surface area contributed by atoms with Crippen molar-refractivity contribution in [3.8, 4) is 23.0 Å². The van der Waals surface area contributed by atoms with E-state index in [0.717, 1.165) is 54.6 Å². The van der Waals surface area contributed by atoms with E-state index in [1.54, 1.807) is 0 Å². The predicted octanol–water partition coefficient (Wildman–Crippen LogP) is 5.48. The Morgan fingerprint density at radius 2 is 1.10 bits per heavy atom. The number of hydrogen-bond donors (Lipinski definition) is 3. The lowest BCUT2D eigenvalue weighted by Gasteiger charge is -2.35. The quantitative estimate of drug-likeness (QED) is 0.103. The summed E-state index contributed by atoms with van der Waals surface area (Å²) in [6.45, 7) is -61.0. The van der Waals surface area contributed by atoms with Crippen LogP contribution in [-0.4, -0.2) is 153 Å². The van der Waals surface area contributed by atoms with Gasteiger partial charge >= 0.3 is 0 Å². The van der Waals surface area contributed by atoms with Crippen molar-refractivity contribution in [3.05, 3.63) is 118 Å². The van der Waals surface area contributed by atoms with Gasteiger partial charge in [-0.1, -0.05) is 60.6 Å². The summed E-state index contributed by atoms with van der Waals surface area (Å²) in [5, 5.41) is 23.3. The van der Waals surface area contributed by atoms with Gasteiger partial charge in [-0.3, -0.25) is 24.3 Å². The third-order valence-corrected chi connectivity index (χ3v) is 7.66. The van der Waals surface area contributed by atoms with Crippen molar-refractivity contribution in [1.82, 2.24) is 20.0 Å². The number of Topliss-reactive ketones (excluding diaryl/α,β-unsaturated/α-hetero) is 2. The van der Waals surface area contributed by atoms with Crippen molar-refractivity contribution in [2.75, 3.05) is 105 Å². The number of rotatable bonds is 19. The third-order valence-electron chi connectivity index (χ3n) is 7.37. The van der Waals surface area contributed by atoms with Crippen molar-refractivity contribution in [3.63, 3.8) is 0 Å². The number of aryl methyl sites for hydroxylation is 4. The van der Waals surface area contributed by atoms with Gasteiger partial charge in [-0.05, 0) is 85.1 Å². The van der Waals surface area contributed by atoms with Crippen LogP contribution in [0.15, 0.2) is 84.9 Å². The zero-order chi connectivity index (χ0) is 85.7. The molecule has 6 rings (SSSR count). The standard InChI is InChI=1S/C25H34N2O4.C14H22N2O3.C11H13ClO/c1-19-7-6-8-20(2)23(19)15-21(28)16-26-11-13-27(14-12-26)17-22(29)18-31-25-10-5-4-9-24(25)30-3;1-18-13-4-2-3-5-14(13)19-11-12(17)10-16-8-6-15-7-9-16;1-8-4-3-5-9(2)11(8)6-10(13)7-12/h4-10,22,29H,11-18H2,1-3H3;2-5,12,15,17H,6-11H2,1H3;3-5H,6-7H2,1-2H3/i1D3,2D3,3D3,6D,11D2,12D2,13D2,14D2,17D2,18D2,22D;1D3,6D2,7D2,8D2,9D2,10D2,11D2,12D;1D3,2D3,3D. The van der Waals surface area contributed by atoms with Gasteiger partial charge in [-0.15, -0.1) is 11.6 Å². The van der Waals surface area contributed by atoms with E-state index in [4.69, 9.17) is 88.9 Å². The molecule has 0 spiro atoms. The molecule has 0 saturated carbocycles. The molecular weight excluding hydrogens is 820 g/mol. The highest BCUT2D eigenvalue weighted by Crippen LogP contribution is 2.27. The Labute approximate surface area is 444 Å². The maximum absolute atomic E-state index is 13.5. The minimum Gasteiger partial charge on any atom is -0.493 e. The van der Waals surface area contributed by atoms with Crippen molar-refractivity contribution >= 4 is 23.2 Å². The number of alkyl halides is 1. The van der Waals surface area contributed by atoms with Gasteiger partial charge in [0.25, 0.3) is 0 Å². The Morgan fingerprint density at radius 3 is 1.52 bits per heavy atom. The lowest BCUT2D eigenvalue weighted by atomic mass is 9.98. The van der Waals surface area contributed by atoms with Crippen LogP contribution < -0.4 is 24.3 Å². The molecule has 0 amide bonds. The molecule has 2 aliphatic heterocycles. The number of methoxy groups -OCH3 is 2. The summed E-state index contributed by atoms with van der Waals surface area (Å²) in [5.74, 6) is -5.08. The van der Waals surface area contributed by atoms with Crippen LogP contribution in [0.2, 0.25) is 0 Å². The van der Waals surface area contributed by atoms with Crippen LogP contribution in [0, 0.1) is 27.4 Å². The average Bonchev–Trinajstić information content (AvgIpc) is 0.677. The molecule has 0 bridgehead atoms. The summed E-state index contributed by atoms with van der Waals surface area (Å²) in [6.07, 6.45) is -10.4. The van der Waals surface area contributed by atoms with Crippen LogP contribution in [0.3, 0.4) is 0 Å². The van der Waals surface area contributed by atoms with Gasteiger partial charge in [-0.2, -0.15) is 0 Å². The number of piperazine rings is 2. The van der Waals surface area contributed by atoms with Crippen LogP contribution in [-0.2, 0) is 22.4 Å². The highest BCUT2D eigenvalue weighted by molar-refractivity contribution is 6.27. The normalized spacial score (nSPS) is 35.7. The average molecular weight is 936 g/mol. The molecular formula is C50H69ClN4O8. The fourth-order valence-corrected chi connectivity index (χ4v) is 4.60. The van der Waals surface area contributed by atoms with Crippen molar-refractivity contribution in [2.45, 2.75) is 52.4 Å². The summed E-state index contributed by atoms with van der Waals surface area (Å²) in [7, 11) is -6.19. The molecule has 13 heteroatoms. The molecule has 2 saturated heterocycles. The van der Waals surface area contributed by atoms with E-state index in [1.165, 1.54) is 23.5 Å². The zero-order valence-electron chi connectivity index (χ0n) is 78.3. The maximum atomic E-state index is 13.5. The minimum atomic E-state index is -4.54. The molecule has 2 fully saturated rings. The Morgan fingerprint density at radius 1 is 0.683 bits per heavy atom. The van der Waals surface area contributed by atoms with Gasteiger partial charge in [-0.25, -0.2) is 0 Å². The number of benzene rings is 4. The van der Waals surface area contributed by atoms with Crippen molar-refractivity contribution < 1.29 is 102 Å². The van der Waals surface area contributed by atoms with E-state index in [-0.39, 0.29) is 39.9 Å². The van der Waals surface area contributed by atoms with Crippen molar-refractivity contribution in [1.29, 1.82) is 0 Å². The molecule has 12 nitrogen and oxygen atoms in total. The summed E-state index contributed by atoms with van der Waals surface area (Å²) in [5.41, 5.74) is -2.83. The molecule has 344 valence electrons. The summed E-state index contributed by atoms with van der Waals surface area (Å²) < 4.78 is 383. The molecule has 2 aliphatic rings.